The number of benzene rings is 2. The van der Waals surface area contributed by atoms with E-state index in [1.54, 1.807) is 23.6 Å². The number of nitrogens with zero attached hydrogens (tertiary/aromatic N) is 4. The van der Waals surface area contributed by atoms with Gasteiger partial charge in [0.15, 0.2) is 10.3 Å². The van der Waals surface area contributed by atoms with Crippen molar-refractivity contribution in [3.8, 4) is 11.3 Å². The van der Waals surface area contributed by atoms with Crippen LogP contribution in [0.2, 0.25) is 0 Å². The molecule has 0 N–H and O–H groups in total. The van der Waals surface area contributed by atoms with E-state index in [9.17, 15) is 4.79 Å². The van der Waals surface area contributed by atoms with Crippen LogP contribution in [0.5, 0.6) is 0 Å². The van der Waals surface area contributed by atoms with Crippen molar-refractivity contribution in [2.24, 2.45) is 0 Å². The number of hydrogen-bond donors (Lipinski definition) is 0. The molecule has 0 aliphatic heterocycles. The number of hydrogen-bond acceptors (Lipinski definition) is 6. The summed E-state index contributed by atoms with van der Waals surface area (Å²) in [4.78, 5) is 28.2. The molecular formula is C25H24N4OS2. The van der Waals surface area contributed by atoms with Crippen LogP contribution in [0.15, 0.2) is 65.1 Å². The van der Waals surface area contributed by atoms with Gasteiger partial charge in [-0.25, -0.2) is 15.0 Å². The maximum atomic E-state index is 12.4. The van der Waals surface area contributed by atoms with E-state index in [1.165, 1.54) is 16.9 Å². The molecule has 0 aliphatic carbocycles. The average molecular weight is 461 g/mol. The lowest BCUT2D eigenvalue weighted by Crippen LogP contribution is -2.23. The van der Waals surface area contributed by atoms with Gasteiger partial charge in [-0.15, -0.1) is 11.3 Å². The highest BCUT2D eigenvalue weighted by molar-refractivity contribution is 7.98. The molecule has 2 aromatic heterocycles. The number of rotatable bonds is 6. The van der Waals surface area contributed by atoms with Gasteiger partial charge in [-0.1, -0.05) is 59.8 Å². The zero-order valence-corrected chi connectivity index (χ0v) is 20.1. The van der Waals surface area contributed by atoms with E-state index in [0.29, 0.717) is 10.9 Å². The minimum Gasteiger partial charge on any atom is -0.274 e. The van der Waals surface area contributed by atoms with E-state index in [2.05, 4.69) is 11.1 Å². The number of carbonyl (C=O) groups excluding carboxylic acids is 1. The predicted octanol–water partition coefficient (Wildman–Crippen LogP) is 6.50. The molecule has 0 fully saturated rings. The summed E-state index contributed by atoms with van der Waals surface area (Å²) >= 11 is 3.02. The van der Waals surface area contributed by atoms with Crippen LogP contribution in [0.1, 0.15) is 29.4 Å². The van der Waals surface area contributed by atoms with Crippen LogP contribution in [0.4, 0.5) is 10.8 Å². The molecule has 162 valence electrons. The first-order chi connectivity index (χ1) is 15.4. The van der Waals surface area contributed by atoms with Gasteiger partial charge in [-0.05, 0) is 38.5 Å². The highest BCUT2D eigenvalue weighted by atomic mass is 32.2. The molecule has 2 heterocycles. The Morgan fingerprint density at radius 1 is 1.00 bits per heavy atom. The Labute approximate surface area is 196 Å². The monoisotopic (exact) mass is 460 g/mol. The average Bonchev–Trinajstić information content (AvgIpc) is 3.22. The third kappa shape index (κ3) is 5.06. The van der Waals surface area contributed by atoms with E-state index in [4.69, 9.17) is 9.97 Å². The number of carbonyl (C=O) groups is 1. The normalized spacial score (nSPS) is 10.9. The zero-order valence-electron chi connectivity index (χ0n) is 18.5. The van der Waals surface area contributed by atoms with Gasteiger partial charge >= 0.3 is 0 Å². The maximum absolute atomic E-state index is 12.4. The highest BCUT2D eigenvalue weighted by Gasteiger charge is 2.20. The zero-order chi connectivity index (χ0) is 22.7. The topological polar surface area (TPSA) is 59.0 Å². The summed E-state index contributed by atoms with van der Waals surface area (Å²) in [6, 6.07) is 18.2. The van der Waals surface area contributed by atoms with Gasteiger partial charge in [0.25, 0.3) is 0 Å². The molecule has 0 spiro atoms. The molecule has 4 aromatic rings. The third-order valence-electron chi connectivity index (χ3n) is 4.89. The molecule has 0 atom stereocenters. The molecule has 0 saturated heterocycles. The van der Waals surface area contributed by atoms with Gasteiger partial charge in [0, 0.05) is 29.3 Å². The van der Waals surface area contributed by atoms with Crippen molar-refractivity contribution in [3.63, 3.8) is 0 Å². The van der Waals surface area contributed by atoms with Crippen LogP contribution in [0.25, 0.3) is 11.3 Å². The van der Waals surface area contributed by atoms with Gasteiger partial charge < -0.3 is 0 Å². The summed E-state index contributed by atoms with van der Waals surface area (Å²) < 4.78 is 0. The summed E-state index contributed by atoms with van der Waals surface area (Å²) in [5.41, 5.74) is 6.90. The van der Waals surface area contributed by atoms with Crippen LogP contribution in [0, 0.1) is 20.8 Å². The van der Waals surface area contributed by atoms with Crippen LogP contribution in [-0.2, 0) is 10.5 Å². The molecule has 0 saturated carbocycles. The van der Waals surface area contributed by atoms with Crippen molar-refractivity contribution < 1.29 is 4.79 Å². The molecule has 0 aliphatic rings. The SMILES string of the molecule is CC(=O)N(c1nc(CSc2nc(C)cc(-c3ccccc3)n2)cs1)c1ccc(C)cc1C. The summed E-state index contributed by atoms with van der Waals surface area (Å²) in [6.07, 6.45) is 0. The van der Waals surface area contributed by atoms with Crippen LogP contribution < -0.4 is 4.90 Å². The lowest BCUT2D eigenvalue weighted by Gasteiger charge is -2.20. The van der Waals surface area contributed by atoms with Crippen LogP contribution in [0.3, 0.4) is 0 Å². The summed E-state index contributed by atoms with van der Waals surface area (Å²) in [7, 11) is 0. The van der Waals surface area contributed by atoms with Crippen molar-refractivity contribution in [1.29, 1.82) is 0 Å². The summed E-state index contributed by atoms with van der Waals surface area (Å²) in [5, 5.41) is 3.39. The minimum absolute atomic E-state index is 0.0555. The van der Waals surface area contributed by atoms with E-state index in [1.807, 2.05) is 74.7 Å². The van der Waals surface area contributed by atoms with Crippen LogP contribution >= 0.6 is 23.1 Å². The van der Waals surface area contributed by atoms with E-state index >= 15 is 0 Å². The van der Waals surface area contributed by atoms with Crippen LogP contribution in [-0.4, -0.2) is 20.9 Å². The number of thiazole rings is 1. The number of thioether (sulfide) groups is 1. The van der Waals surface area contributed by atoms with Gasteiger partial charge in [0.1, 0.15) is 0 Å². The fraction of sp³-hybridized carbons (Fsp3) is 0.200. The van der Waals surface area contributed by atoms with E-state index < -0.39 is 0 Å². The predicted molar refractivity (Wildman–Crippen MR) is 133 cm³/mol. The molecule has 0 radical (unpaired) electrons. The molecule has 1 amide bonds. The van der Waals surface area contributed by atoms with E-state index in [0.717, 1.165) is 39.1 Å². The Hall–Kier alpha value is -3.03. The number of amides is 1. The molecular weight excluding hydrogens is 436 g/mol. The highest BCUT2D eigenvalue weighted by Crippen LogP contribution is 2.33. The molecule has 5 nitrogen and oxygen atoms in total. The molecule has 0 unspecified atom stereocenters. The van der Waals surface area contributed by atoms with Crippen molar-refractivity contribution in [3.05, 3.63) is 82.5 Å². The molecule has 2 aromatic carbocycles. The number of aromatic nitrogens is 3. The van der Waals surface area contributed by atoms with Crippen molar-refractivity contribution in [2.45, 2.75) is 38.6 Å². The smallest absolute Gasteiger partial charge is 0.230 e. The molecule has 4 rings (SSSR count). The third-order valence-corrected chi connectivity index (χ3v) is 6.65. The van der Waals surface area contributed by atoms with Crippen molar-refractivity contribution >= 4 is 39.8 Å². The standard InChI is InChI=1S/C25H24N4OS2/c1-16-10-11-23(17(2)12-16)29(19(4)30)25-27-21(15-32-25)14-31-24-26-18(3)13-22(28-24)20-8-6-5-7-9-20/h5-13,15H,14H2,1-4H3. The first-order valence-electron chi connectivity index (χ1n) is 10.3. The van der Waals surface area contributed by atoms with Crippen molar-refractivity contribution in [2.75, 3.05) is 4.90 Å². The Morgan fingerprint density at radius 2 is 1.78 bits per heavy atom. The maximum Gasteiger partial charge on any atom is 0.230 e. The lowest BCUT2D eigenvalue weighted by molar-refractivity contribution is -0.115. The van der Waals surface area contributed by atoms with Gasteiger partial charge in [0.05, 0.1) is 17.1 Å². The van der Waals surface area contributed by atoms with Crippen molar-refractivity contribution in [1.82, 2.24) is 15.0 Å². The van der Waals surface area contributed by atoms with Gasteiger partial charge in [0.2, 0.25) is 5.91 Å². The fourth-order valence-electron chi connectivity index (χ4n) is 3.43. The van der Waals surface area contributed by atoms with E-state index in [-0.39, 0.29) is 5.91 Å². The first-order valence-corrected chi connectivity index (χ1v) is 12.1. The summed E-state index contributed by atoms with van der Waals surface area (Å²) in [6.45, 7) is 7.61. The summed E-state index contributed by atoms with van der Waals surface area (Å²) in [5.74, 6) is 0.576. The quantitative estimate of drug-likeness (QED) is 0.243. The second kappa shape index (κ2) is 9.63. The van der Waals surface area contributed by atoms with Gasteiger partial charge in [-0.3, -0.25) is 9.69 Å². The largest absolute Gasteiger partial charge is 0.274 e. The first kappa shape index (κ1) is 22.2. The Bertz CT molecular complexity index is 1250. The molecule has 7 heteroatoms. The molecule has 32 heavy (non-hydrogen) atoms. The second-order valence-corrected chi connectivity index (χ2v) is 9.38. The second-order valence-electron chi connectivity index (χ2n) is 7.60. The number of aryl methyl sites for hydroxylation is 3. The Kier molecular flexibility index (Phi) is 6.67. The van der Waals surface area contributed by atoms with Gasteiger partial charge in [-0.2, -0.15) is 0 Å². The minimum atomic E-state index is -0.0555. The Morgan fingerprint density at radius 3 is 2.50 bits per heavy atom. The molecule has 0 bridgehead atoms. The fourth-order valence-corrected chi connectivity index (χ4v) is 5.21. The number of anilines is 2. The lowest BCUT2D eigenvalue weighted by atomic mass is 10.1. The Balaban J connectivity index is 1.53.